The van der Waals surface area contributed by atoms with Crippen LogP contribution in [0.5, 0.6) is 11.5 Å². The van der Waals surface area contributed by atoms with Crippen LogP contribution in [0.2, 0.25) is 0 Å². The number of amides is 1. The van der Waals surface area contributed by atoms with Gasteiger partial charge in [0.15, 0.2) is 0 Å². The number of carbonyl (C=O) groups is 1. The molecular formula is C20H20BrN3O3. The van der Waals surface area contributed by atoms with Crippen molar-refractivity contribution < 1.29 is 14.3 Å². The molecule has 0 aliphatic rings. The molecule has 140 valence electrons. The zero-order valence-electron chi connectivity index (χ0n) is 15.5. The molecule has 6 nitrogen and oxygen atoms in total. The van der Waals surface area contributed by atoms with Crippen molar-refractivity contribution in [2.24, 2.45) is 0 Å². The molecule has 27 heavy (non-hydrogen) atoms. The quantitative estimate of drug-likeness (QED) is 0.647. The van der Waals surface area contributed by atoms with Crippen molar-refractivity contribution in [2.75, 3.05) is 19.5 Å². The van der Waals surface area contributed by atoms with Gasteiger partial charge in [-0.25, -0.2) is 4.68 Å². The number of methoxy groups -OCH3 is 2. The summed E-state index contributed by atoms with van der Waals surface area (Å²) in [5.41, 5.74) is 3.89. The number of anilines is 1. The van der Waals surface area contributed by atoms with Gasteiger partial charge in [-0.2, -0.15) is 5.10 Å². The van der Waals surface area contributed by atoms with Crippen molar-refractivity contribution in [1.29, 1.82) is 0 Å². The smallest absolute Gasteiger partial charge is 0.255 e. The van der Waals surface area contributed by atoms with Gasteiger partial charge in [-0.05, 0) is 66.2 Å². The number of hydrogen-bond acceptors (Lipinski definition) is 4. The average molecular weight is 430 g/mol. The fraction of sp³-hybridized carbons (Fsp3) is 0.200. The summed E-state index contributed by atoms with van der Waals surface area (Å²) in [6, 6.07) is 12.5. The zero-order chi connectivity index (χ0) is 19.6. The Kier molecular flexibility index (Phi) is 5.51. The van der Waals surface area contributed by atoms with E-state index < -0.39 is 0 Å². The molecule has 1 aromatic heterocycles. The zero-order valence-corrected chi connectivity index (χ0v) is 17.1. The van der Waals surface area contributed by atoms with Crippen LogP contribution in [0, 0.1) is 13.8 Å². The average Bonchev–Trinajstić information content (AvgIpc) is 2.95. The molecule has 1 amide bonds. The molecule has 0 spiro atoms. The number of carbonyl (C=O) groups excluding carboxylic acids is 1. The highest BCUT2D eigenvalue weighted by atomic mass is 79.9. The summed E-state index contributed by atoms with van der Waals surface area (Å²) in [5.74, 6) is 0.965. The topological polar surface area (TPSA) is 65.4 Å². The Hall–Kier alpha value is -2.80. The lowest BCUT2D eigenvalue weighted by molar-refractivity contribution is 0.102. The number of halogens is 1. The highest BCUT2D eigenvalue weighted by Gasteiger charge is 2.13. The van der Waals surface area contributed by atoms with Crippen LogP contribution in [0.4, 0.5) is 5.69 Å². The Labute approximate surface area is 166 Å². The van der Waals surface area contributed by atoms with Gasteiger partial charge in [0.25, 0.3) is 5.91 Å². The minimum absolute atomic E-state index is 0.234. The predicted molar refractivity (Wildman–Crippen MR) is 108 cm³/mol. The van der Waals surface area contributed by atoms with E-state index in [0.29, 0.717) is 22.7 Å². The fourth-order valence-corrected chi connectivity index (χ4v) is 2.98. The molecule has 0 atom stereocenters. The van der Waals surface area contributed by atoms with Crippen molar-refractivity contribution in [2.45, 2.75) is 13.8 Å². The Morgan fingerprint density at radius 2 is 1.78 bits per heavy atom. The number of nitrogens with zero attached hydrogens (tertiary/aromatic N) is 2. The number of nitrogens with one attached hydrogen (secondary N) is 1. The molecule has 1 N–H and O–H groups in total. The number of rotatable bonds is 5. The number of hydrogen-bond donors (Lipinski definition) is 1. The van der Waals surface area contributed by atoms with Crippen molar-refractivity contribution >= 4 is 27.5 Å². The summed E-state index contributed by atoms with van der Waals surface area (Å²) in [7, 11) is 3.13. The van der Waals surface area contributed by atoms with Crippen LogP contribution >= 0.6 is 15.9 Å². The molecule has 7 heteroatoms. The molecule has 0 fully saturated rings. The van der Waals surface area contributed by atoms with Gasteiger partial charge < -0.3 is 14.8 Å². The Bertz CT molecular complexity index is 981. The molecule has 3 rings (SSSR count). The molecule has 0 saturated heterocycles. The first-order chi connectivity index (χ1) is 12.9. The molecule has 0 unspecified atom stereocenters. The van der Waals surface area contributed by atoms with Gasteiger partial charge in [-0.1, -0.05) is 0 Å². The summed E-state index contributed by atoms with van der Waals surface area (Å²) in [6.45, 7) is 3.93. The van der Waals surface area contributed by atoms with Crippen molar-refractivity contribution in [3.05, 3.63) is 63.9 Å². The summed E-state index contributed by atoms with van der Waals surface area (Å²) >= 11 is 3.53. The Morgan fingerprint density at radius 1 is 1.07 bits per heavy atom. The first-order valence-electron chi connectivity index (χ1n) is 8.30. The first-order valence-corrected chi connectivity index (χ1v) is 9.09. The van der Waals surface area contributed by atoms with Crippen LogP contribution < -0.4 is 14.8 Å². The lowest BCUT2D eigenvalue weighted by Gasteiger charge is -2.12. The van der Waals surface area contributed by atoms with Gasteiger partial charge in [0.1, 0.15) is 11.5 Å². The van der Waals surface area contributed by atoms with E-state index >= 15 is 0 Å². The summed E-state index contributed by atoms with van der Waals surface area (Å²) in [5, 5.41) is 7.37. The minimum Gasteiger partial charge on any atom is -0.497 e. The molecule has 0 aliphatic heterocycles. The van der Waals surface area contributed by atoms with Crippen molar-refractivity contribution in [1.82, 2.24) is 9.78 Å². The molecule has 0 bridgehead atoms. The maximum Gasteiger partial charge on any atom is 0.255 e. The lowest BCUT2D eigenvalue weighted by atomic mass is 10.2. The van der Waals surface area contributed by atoms with E-state index in [9.17, 15) is 4.79 Å². The van der Waals surface area contributed by atoms with Crippen LogP contribution in [0.1, 0.15) is 21.7 Å². The Morgan fingerprint density at radius 3 is 2.33 bits per heavy atom. The molecular weight excluding hydrogens is 410 g/mol. The maximum absolute atomic E-state index is 12.6. The third kappa shape index (κ3) is 3.83. The van der Waals surface area contributed by atoms with E-state index in [2.05, 4.69) is 26.3 Å². The number of aromatic nitrogens is 2. The van der Waals surface area contributed by atoms with Gasteiger partial charge in [0.2, 0.25) is 0 Å². The monoisotopic (exact) mass is 429 g/mol. The van der Waals surface area contributed by atoms with Crippen molar-refractivity contribution in [3.8, 4) is 17.2 Å². The normalized spacial score (nSPS) is 10.6. The van der Waals surface area contributed by atoms with Gasteiger partial charge in [-0.3, -0.25) is 4.79 Å². The second-order valence-corrected chi connectivity index (χ2v) is 6.76. The van der Waals surface area contributed by atoms with Crippen LogP contribution in [0.25, 0.3) is 5.69 Å². The highest BCUT2D eigenvalue weighted by molar-refractivity contribution is 9.10. The molecule has 0 radical (unpaired) electrons. The predicted octanol–water partition coefficient (Wildman–Crippen LogP) is 4.52. The maximum atomic E-state index is 12.6. The number of benzene rings is 2. The summed E-state index contributed by atoms with van der Waals surface area (Å²) in [6.07, 6.45) is 0. The second-order valence-electron chi connectivity index (χ2n) is 5.96. The lowest BCUT2D eigenvalue weighted by Crippen LogP contribution is -2.13. The largest absolute Gasteiger partial charge is 0.497 e. The fourth-order valence-electron chi connectivity index (χ4n) is 2.74. The second kappa shape index (κ2) is 7.84. The van der Waals surface area contributed by atoms with E-state index in [-0.39, 0.29) is 5.91 Å². The number of aryl methyl sites for hydroxylation is 1. The van der Waals surface area contributed by atoms with E-state index in [4.69, 9.17) is 9.47 Å². The van der Waals surface area contributed by atoms with E-state index in [0.717, 1.165) is 21.5 Å². The summed E-state index contributed by atoms with van der Waals surface area (Å²) in [4.78, 5) is 12.6. The van der Waals surface area contributed by atoms with Gasteiger partial charge in [-0.15, -0.1) is 0 Å². The van der Waals surface area contributed by atoms with Gasteiger partial charge in [0.05, 0.1) is 41.5 Å². The van der Waals surface area contributed by atoms with E-state index in [1.807, 2.05) is 30.7 Å². The van der Waals surface area contributed by atoms with Crippen LogP contribution in [0.15, 0.2) is 46.9 Å². The van der Waals surface area contributed by atoms with Crippen LogP contribution in [0.3, 0.4) is 0 Å². The minimum atomic E-state index is -0.234. The third-order valence-electron chi connectivity index (χ3n) is 4.23. The molecule has 3 aromatic rings. The van der Waals surface area contributed by atoms with Crippen molar-refractivity contribution in [3.63, 3.8) is 0 Å². The number of ether oxygens (including phenoxy) is 2. The highest BCUT2D eigenvalue weighted by Crippen LogP contribution is 2.29. The molecule has 1 heterocycles. The molecule has 0 aliphatic carbocycles. The summed E-state index contributed by atoms with van der Waals surface area (Å²) < 4.78 is 13.3. The molecule has 0 saturated carbocycles. The van der Waals surface area contributed by atoms with Gasteiger partial charge in [0, 0.05) is 11.6 Å². The van der Waals surface area contributed by atoms with Crippen LogP contribution in [-0.2, 0) is 0 Å². The van der Waals surface area contributed by atoms with Crippen LogP contribution in [-0.4, -0.2) is 29.9 Å². The van der Waals surface area contributed by atoms with E-state index in [1.165, 1.54) is 0 Å². The third-order valence-corrected chi connectivity index (χ3v) is 5.38. The van der Waals surface area contributed by atoms with E-state index in [1.54, 1.807) is 44.6 Å². The standard InChI is InChI=1S/C20H20BrN3O3/c1-12-19(21)13(2)24(23-12)15-7-5-14(6-8-15)20(25)22-17-11-16(26-3)9-10-18(17)27-4/h5-11H,1-4H3,(H,22,25). The Balaban J connectivity index is 1.83. The first kappa shape index (κ1) is 19.0. The SMILES string of the molecule is COc1ccc(OC)c(NC(=O)c2ccc(-n3nc(C)c(Br)c3C)cc2)c1. The van der Waals surface area contributed by atoms with Gasteiger partial charge >= 0.3 is 0 Å². The molecule has 2 aromatic carbocycles.